The lowest BCUT2D eigenvalue weighted by Crippen LogP contribution is -2.25. The summed E-state index contributed by atoms with van der Waals surface area (Å²) in [6.45, 7) is 1.97. The standard InChI is InChI=1S/C21H25NO4/c1-24-18-8-4-16(5-9-18)12-13-22-21(23)17-6-10-19(11-7-17)26-15-20-3-2-14-25-20/h4-11,20H,2-3,12-15H2,1H3,(H,22,23). The van der Waals surface area contributed by atoms with Gasteiger partial charge >= 0.3 is 0 Å². The van der Waals surface area contributed by atoms with Gasteiger partial charge in [-0.05, 0) is 61.2 Å². The van der Waals surface area contributed by atoms with Crippen molar-refractivity contribution in [1.82, 2.24) is 5.32 Å². The molecule has 5 nitrogen and oxygen atoms in total. The lowest BCUT2D eigenvalue weighted by molar-refractivity contribution is 0.0679. The molecule has 2 aromatic carbocycles. The van der Waals surface area contributed by atoms with E-state index >= 15 is 0 Å². The Kier molecular flexibility index (Phi) is 6.50. The Bertz CT molecular complexity index is 691. The first kappa shape index (κ1) is 18.3. The first-order valence-corrected chi connectivity index (χ1v) is 9.00. The third-order valence-corrected chi connectivity index (χ3v) is 4.43. The second-order valence-electron chi connectivity index (χ2n) is 6.32. The zero-order chi connectivity index (χ0) is 18.2. The third-order valence-electron chi connectivity index (χ3n) is 4.43. The molecule has 26 heavy (non-hydrogen) atoms. The topological polar surface area (TPSA) is 56.8 Å². The number of carbonyl (C=O) groups is 1. The summed E-state index contributed by atoms with van der Waals surface area (Å²) in [6.07, 6.45) is 3.12. The van der Waals surface area contributed by atoms with Crippen LogP contribution in [0.15, 0.2) is 48.5 Å². The number of hydrogen-bond acceptors (Lipinski definition) is 4. The number of benzene rings is 2. The molecule has 0 radical (unpaired) electrons. The smallest absolute Gasteiger partial charge is 0.251 e. The largest absolute Gasteiger partial charge is 0.497 e. The van der Waals surface area contributed by atoms with Gasteiger partial charge in [-0.15, -0.1) is 0 Å². The van der Waals surface area contributed by atoms with Crippen LogP contribution in [0.5, 0.6) is 11.5 Å². The van der Waals surface area contributed by atoms with Crippen molar-refractivity contribution in [2.75, 3.05) is 26.9 Å². The fourth-order valence-corrected chi connectivity index (χ4v) is 2.88. The van der Waals surface area contributed by atoms with E-state index in [1.165, 1.54) is 0 Å². The molecule has 0 aliphatic carbocycles. The first-order chi connectivity index (χ1) is 12.7. The maximum Gasteiger partial charge on any atom is 0.251 e. The number of ether oxygens (including phenoxy) is 3. The molecule has 1 heterocycles. The van der Waals surface area contributed by atoms with Gasteiger partial charge in [-0.2, -0.15) is 0 Å². The van der Waals surface area contributed by atoms with E-state index in [0.29, 0.717) is 18.7 Å². The van der Waals surface area contributed by atoms with Crippen LogP contribution < -0.4 is 14.8 Å². The molecule has 0 aromatic heterocycles. The van der Waals surface area contributed by atoms with Crippen LogP contribution in [-0.4, -0.2) is 38.9 Å². The van der Waals surface area contributed by atoms with Gasteiger partial charge in [0.1, 0.15) is 18.1 Å². The van der Waals surface area contributed by atoms with E-state index in [9.17, 15) is 4.79 Å². The number of hydrogen-bond donors (Lipinski definition) is 1. The van der Waals surface area contributed by atoms with Crippen molar-refractivity contribution in [3.63, 3.8) is 0 Å². The van der Waals surface area contributed by atoms with Crippen LogP contribution in [0.4, 0.5) is 0 Å². The van der Waals surface area contributed by atoms with E-state index in [1.807, 2.05) is 36.4 Å². The second kappa shape index (κ2) is 9.25. The molecule has 0 spiro atoms. The molecule has 2 aromatic rings. The molecule has 1 amide bonds. The highest BCUT2D eigenvalue weighted by Gasteiger charge is 2.16. The fourth-order valence-electron chi connectivity index (χ4n) is 2.88. The monoisotopic (exact) mass is 355 g/mol. The summed E-state index contributed by atoms with van der Waals surface area (Å²) < 4.78 is 16.4. The van der Waals surface area contributed by atoms with Crippen LogP contribution in [0.1, 0.15) is 28.8 Å². The van der Waals surface area contributed by atoms with Crippen LogP contribution in [-0.2, 0) is 11.2 Å². The predicted octanol–water partition coefficient (Wildman–Crippen LogP) is 3.23. The Hall–Kier alpha value is -2.53. The minimum absolute atomic E-state index is 0.0795. The van der Waals surface area contributed by atoms with Gasteiger partial charge in [0, 0.05) is 18.7 Å². The maximum absolute atomic E-state index is 12.2. The number of carbonyl (C=O) groups excluding carboxylic acids is 1. The Labute approximate surface area is 154 Å². The molecule has 1 aliphatic rings. The first-order valence-electron chi connectivity index (χ1n) is 9.00. The maximum atomic E-state index is 12.2. The zero-order valence-electron chi connectivity index (χ0n) is 15.1. The molecule has 138 valence electrons. The molecule has 1 fully saturated rings. The van der Waals surface area contributed by atoms with E-state index < -0.39 is 0 Å². The fraction of sp³-hybridized carbons (Fsp3) is 0.381. The highest BCUT2D eigenvalue weighted by atomic mass is 16.5. The minimum Gasteiger partial charge on any atom is -0.497 e. The van der Waals surface area contributed by atoms with E-state index in [0.717, 1.165) is 42.9 Å². The molecule has 1 saturated heterocycles. The van der Waals surface area contributed by atoms with Crippen LogP contribution in [0.25, 0.3) is 0 Å². The van der Waals surface area contributed by atoms with Crippen molar-refractivity contribution in [1.29, 1.82) is 0 Å². The van der Waals surface area contributed by atoms with Gasteiger partial charge in [-0.25, -0.2) is 0 Å². The van der Waals surface area contributed by atoms with Crippen molar-refractivity contribution in [2.45, 2.75) is 25.4 Å². The molecule has 0 bridgehead atoms. The quantitative estimate of drug-likeness (QED) is 0.790. The van der Waals surface area contributed by atoms with Crippen molar-refractivity contribution >= 4 is 5.91 Å². The van der Waals surface area contributed by atoms with Crippen molar-refractivity contribution in [3.8, 4) is 11.5 Å². The van der Waals surface area contributed by atoms with Gasteiger partial charge in [0.2, 0.25) is 0 Å². The van der Waals surface area contributed by atoms with Crippen LogP contribution in [0.2, 0.25) is 0 Å². The molecular weight excluding hydrogens is 330 g/mol. The van der Waals surface area contributed by atoms with Crippen molar-refractivity contribution in [3.05, 3.63) is 59.7 Å². The Morgan fingerprint density at radius 1 is 1.12 bits per heavy atom. The summed E-state index contributed by atoms with van der Waals surface area (Å²) >= 11 is 0. The lowest BCUT2D eigenvalue weighted by Gasteiger charge is -2.12. The SMILES string of the molecule is COc1ccc(CCNC(=O)c2ccc(OCC3CCCO3)cc2)cc1. The number of methoxy groups -OCH3 is 1. The van der Waals surface area contributed by atoms with Gasteiger partial charge in [-0.3, -0.25) is 4.79 Å². The van der Waals surface area contributed by atoms with Gasteiger partial charge in [0.25, 0.3) is 5.91 Å². The van der Waals surface area contributed by atoms with E-state index in [-0.39, 0.29) is 12.0 Å². The van der Waals surface area contributed by atoms with E-state index in [2.05, 4.69) is 5.32 Å². The molecule has 5 heteroatoms. The summed E-state index contributed by atoms with van der Waals surface area (Å²) in [5.74, 6) is 1.51. The normalized spacial score (nSPS) is 16.3. The summed E-state index contributed by atoms with van der Waals surface area (Å²) in [7, 11) is 1.65. The van der Waals surface area contributed by atoms with Gasteiger partial charge in [0.05, 0.1) is 13.2 Å². The van der Waals surface area contributed by atoms with Crippen LogP contribution in [0, 0.1) is 0 Å². The number of nitrogens with one attached hydrogen (secondary N) is 1. The Balaban J connectivity index is 1.42. The molecule has 1 aliphatic heterocycles. The lowest BCUT2D eigenvalue weighted by atomic mass is 10.1. The van der Waals surface area contributed by atoms with E-state index in [1.54, 1.807) is 19.2 Å². The van der Waals surface area contributed by atoms with E-state index in [4.69, 9.17) is 14.2 Å². The molecule has 0 saturated carbocycles. The molecule has 3 rings (SSSR count). The summed E-state index contributed by atoms with van der Waals surface area (Å²) in [5.41, 5.74) is 1.79. The molecule has 1 unspecified atom stereocenters. The highest BCUT2D eigenvalue weighted by molar-refractivity contribution is 5.94. The summed E-state index contributed by atoms with van der Waals surface area (Å²) in [6, 6.07) is 15.1. The van der Waals surface area contributed by atoms with Gasteiger partial charge in [0.15, 0.2) is 0 Å². The number of amides is 1. The van der Waals surface area contributed by atoms with Crippen molar-refractivity contribution in [2.24, 2.45) is 0 Å². The second-order valence-corrected chi connectivity index (χ2v) is 6.32. The molecule has 1 atom stereocenters. The van der Waals surface area contributed by atoms with Crippen LogP contribution in [0.3, 0.4) is 0 Å². The summed E-state index contributed by atoms with van der Waals surface area (Å²) in [5, 5.41) is 2.94. The summed E-state index contributed by atoms with van der Waals surface area (Å²) in [4.78, 5) is 12.2. The average molecular weight is 355 g/mol. The Morgan fingerprint density at radius 3 is 2.50 bits per heavy atom. The average Bonchev–Trinajstić information content (AvgIpc) is 3.21. The van der Waals surface area contributed by atoms with Gasteiger partial charge < -0.3 is 19.5 Å². The van der Waals surface area contributed by atoms with Crippen molar-refractivity contribution < 1.29 is 19.0 Å². The molecule has 1 N–H and O–H groups in total. The molecular formula is C21H25NO4. The predicted molar refractivity (Wildman–Crippen MR) is 99.9 cm³/mol. The Morgan fingerprint density at radius 2 is 1.85 bits per heavy atom. The number of rotatable bonds is 8. The van der Waals surface area contributed by atoms with Crippen LogP contribution >= 0.6 is 0 Å². The third kappa shape index (κ3) is 5.23. The zero-order valence-corrected chi connectivity index (χ0v) is 15.1. The van der Waals surface area contributed by atoms with Gasteiger partial charge in [-0.1, -0.05) is 12.1 Å². The highest BCUT2D eigenvalue weighted by Crippen LogP contribution is 2.17. The minimum atomic E-state index is -0.0795.